The molecule has 0 saturated carbocycles. The summed E-state index contributed by atoms with van der Waals surface area (Å²) >= 11 is 0. The van der Waals surface area contributed by atoms with Crippen molar-refractivity contribution in [3.05, 3.63) is 30.4 Å². The van der Waals surface area contributed by atoms with Gasteiger partial charge in [0.15, 0.2) is 11.5 Å². The third kappa shape index (κ3) is 1.97. The summed E-state index contributed by atoms with van der Waals surface area (Å²) in [5.74, 6) is 2.48. The molecule has 0 fully saturated rings. The first kappa shape index (κ1) is 10.9. The molecule has 1 aliphatic heterocycles. The van der Waals surface area contributed by atoms with Gasteiger partial charge in [0.1, 0.15) is 12.2 Å². The number of rotatable bonds is 4. The van der Waals surface area contributed by atoms with Gasteiger partial charge in [-0.1, -0.05) is 0 Å². The van der Waals surface area contributed by atoms with E-state index in [1.54, 1.807) is 6.33 Å². The zero-order chi connectivity index (χ0) is 12.4. The Morgan fingerprint density at radius 3 is 3.11 bits per heavy atom. The van der Waals surface area contributed by atoms with Crippen LogP contribution in [0.3, 0.4) is 0 Å². The topological polar surface area (TPSA) is 61.2 Å². The van der Waals surface area contributed by atoms with Crippen LogP contribution < -0.4 is 14.8 Å². The number of hydrogen-bond donors (Lipinski definition) is 1. The van der Waals surface area contributed by atoms with Crippen molar-refractivity contribution in [3.8, 4) is 11.5 Å². The minimum absolute atomic E-state index is 0.295. The van der Waals surface area contributed by atoms with Gasteiger partial charge in [0.05, 0.1) is 6.54 Å². The molecule has 0 atom stereocenters. The fourth-order valence-corrected chi connectivity index (χ4v) is 1.88. The molecule has 0 aliphatic carbocycles. The number of nitrogens with zero attached hydrogens (tertiary/aromatic N) is 3. The van der Waals surface area contributed by atoms with Gasteiger partial charge in [0.2, 0.25) is 6.79 Å². The summed E-state index contributed by atoms with van der Waals surface area (Å²) in [5, 5.41) is 7.42. The Kier molecular flexibility index (Phi) is 2.76. The van der Waals surface area contributed by atoms with Crippen molar-refractivity contribution < 1.29 is 9.47 Å². The zero-order valence-corrected chi connectivity index (χ0v) is 10.1. The van der Waals surface area contributed by atoms with E-state index in [2.05, 4.69) is 15.4 Å². The van der Waals surface area contributed by atoms with Crippen molar-refractivity contribution >= 4 is 5.69 Å². The lowest BCUT2D eigenvalue weighted by Gasteiger charge is -2.07. The molecule has 0 amide bonds. The molecule has 1 aromatic heterocycles. The third-order valence-corrected chi connectivity index (χ3v) is 2.82. The molecule has 1 N–H and O–H groups in total. The van der Waals surface area contributed by atoms with Crippen molar-refractivity contribution in [2.45, 2.75) is 20.0 Å². The molecule has 94 valence electrons. The molecule has 0 bridgehead atoms. The minimum Gasteiger partial charge on any atom is -0.454 e. The summed E-state index contributed by atoms with van der Waals surface area (Å²) in [6, 6.07) is 5.78. The van der Waals surface area contributed by atoms with Crippen LogP contribution in [0.15, 0.2) is 24.5 Å². The summed E-state index contributed by atoms with van der Waals surface area (Å²) < 4.78 is 12.5. The molecule has 18 heavy (non-hydrogen) atoms. The van der Waals surface area contributed by atoms with E-state index >= 15 is 0 Å². The van der Waals surface area contributed by atoms with E-state index in [1.807, 2.05) is 29.8 Å². The number of ether oxygens (including phenoxy) is 2. The molecule has 6 heteroatoms. The van der Waals surface area contributed by atoms with Gasteiger partial charge >= 0.3 is 0 Å². The van der Waals surface area contributed by atoms with Gasteiger partial charge in [-0.05, 0) is 19.1 Å². The summed E-state index contributed by atoms with van der Waals surface area (Å²) in [6.45, 7) is 3.79. The summed E-state index contributed by atoms with van der Waals surface area (Å²) in [6.07, 6.45) is 1.57. The minimum atomic E-state index is 0.295. The molecule has 1 aromatic carbocycles. The van der Waals surface area contributed by atoms with Crippen molar-refractivity contribution in [3.63, 3.8) is 0 Å². The van der Waals surface area contributed by atoms with Crippen molar-refractivity contribution in [1.29, 1.82) is 0 Å². The fraction of sp³-hybridized carbons (Fsp3) is 0.333. The first-order chi connectivity index (χ1) is 8.86. The van der Waals surface area contributed by atoms with E-state index < -0.39 is 0 Å². The number of anilines is 1. The van der Waals surface area contributed by atoms with Crippen LogP contribution in [0.25, 0.3) is 0 Å². The van der Waals surface area contributed by atoms with E-state index in [0.29, 0.717) is 13.3 Å². The second-order valence-electron chi connectivity index (χ2n) is 3.91. The molecule has 0 saturated heterocycles. The van der Waals surface area contributed by atoms with Gasteiger partial charge < -0.3 is 14.8 Å². The number of aryl methyl sites for hydroxylation is 1. The molecular weight excluding hydrogens is 232 g/mol. The Hall–Kier alpha value is -2.24. The van der Waals surface area contributed by atoms with Gasteiger partial charge in [0.25, 0.3) is 0 Å². The maximum absolute atomic E-state index is 5.33. The van der Waals surface area contributed by atoms with Crippen LogP contribution in [0.1, 0.15) is 12.7 Å². The molecular formula is C12H14N4O2. The number of aromatic nitrogens is 3. The van der Waals surface area contributed by atoms with Crippen LogP contribution in [-0.4, -0.2) is 21.6 Å². The van der Waals surface area contributed by atoms with Gasteiger partial charge in [-0.25, -0.2) is 9.67 Å². The van der Waals surface area contributed by atoms with Crippen LogP contribution in [0.4, 0.5) is 5.69 Å². The van der Waals surface area contributed by atoms with Crippen LogP contribution in [0.2, 0.25) is 0 Å². The monoisotopic (exact) mass is 246 g/mol. The summed E-state index contributed by atoms with van der Waals surface area (Å²) in [5.41, 5.74) is 0.977. The SMILES string of the molecule is CCn1ncnc1CNc1ccc2c(c1)OCO2. The van der Waals surface area contributed by atoms with Gasteiger partial charge in [-0.3, -0.25) is 0 Å². The molecule has 0 spiro atoms. The fourth-order valence-electron chi connectivity index (χ4n) is 1.88. The molecule has 3 rings (SSSR count). The van der Waals surface area contributed by atoms with E-state index in [9.17, 15) is 0 Å². The van der Waals surface area contributed by atoms with Gasteiger partial charge in [-0.2, -0.15) is 5.10 Å². The smallest absolute Gasteiger partial charge is 0.231 e. The normalized spacial score (nSPS) is 12.7. The van der Waals surface area contributed by atoms with Crippen molar-refractivity contribution in [2.75, 3.05) is 12.1 Å². The number of nitrogens with one attached hydrogen (secondary N) is 1. The second kappa shape index (κ2) is 4.56. The van der Waals surface area contributed by atoms with Gasteiger partial charge in [0, 0.05) is 18.3 Å². The Balaban J connectivity index is 1.70. The van der Waals surface area contributed by atoms with E-state index in [-0.39, 0.29) is 0 Å². The highest BCUT2D eigenvalue weighted by molar-refractivity contribution is 5.55. The maximum atomic E-state index is 5.33. The third-order valence-electron chi connectivity index (χ3n) is 2.82. The van der Waals surface area contributed by atoms with Gasteiger partial charge in [-0.15, -0.1) is 0 Å². The van der Waals surface area contributed by atoms with Crippen LogP contribution >= 0.6 is 0 Å². The summed E-state index contributed by atoms with van der Waals surface area (Å²) in [4.78, 5) is 4.21. The Labute approximate surface area is 105 Å². The molecule has 2 heterocycles. The first-order valence-corrected chi connectivity index (χ1v) is 5.87. The van der Waals surface area contributed by atoms with Crippen molar-refractivity contribution in [2.24, 2.45) is 0 Å². The Bertz CT molecular complexity index is 553. The standard InChI is InChI=1S/C12H14N4O2/c1-2-16-12(14-7-15-16)6-13-9-3-4-10-11(5-9)18-8-17-10/h3-5,7,13H,2,6,8H2,1H3. The highest BCUT2D eigenvalue weighted by atomic mass is 16.7. The summed E-state index contributed by atoms with van der Waals surface area (Å²) in [7, 11) is 0. The zero-order valence-electron chi connectivity index (χ0n) is 10.1. The molecule has 0 radical (unpaired) electrons. The lowest BCUT2D eigenvalue weighted by molar-refractivity contribution is 0.174. The van der Waals surface area contributed by atoms with Crippen LogP contribution in [0, 0.1) is 0 Å². The Morgan fingerprint density at radius 2 is 2.22 bits per heavy atom. The van der Waals surface area contributed by atoms with E-state index in [1.165, 1.54) is 0 Å². The molecule has 0 unspecified atom stereocenters. The largest absolute Gasteiger partial charge is 0.454 e. The molecule has 1 aliphatic rings. The molecule has 2 aromatic rings. The average Bonchev–Trinajstić information content (AvgIpc) is 3.04. The van der Waals surface area contributed by atoms with E-state index in [0.717, 1.165) is 29.6 Å². The van der Waals surface area contributed by atoms with Crippen LogP contribution in [-0.2, 0) is 13.1 Å². The Morgan fingerprint density at radius 1 is 1.33 bits per heavy atom. The lowest BCUT2D eigenvalue weighted by Crippen LogP contribution is -2.08. The molecule has 6 nitrogen and oxygen atoms in total. The number of hydrogen-bond acceptors (Lipinski definition) is 5. The van der Waals surface area contributed by atoms with E-state index in [4.69, 9.17) is 9.47 Å². The predicted octanol–water partition coefficient (Wildman–Crippen LogP) is 1.64. The lowest BCUT2D eigenvalue weighted by atomic mass is 10.3. The maximum Gasteiger partial charge on any atom is 0.231 e. The second-order valence-corrected chi connectivity index (χ2v) is 3.91. The average molecular weight is 246 g/mol. The highest BCUT2D eigenvalue weighted by Gasteiger charge is 2.13. The van der Waals surface area contributed by atoms with Crippen molar-refractivity contribution in [1.82, 2.24) is 14.8 Å². The van der Waals surface area contributed by atoms with Crippen LogP contribution in [0.5, 0.6) is 11.5 Å². The quantitative estimate of drug-likeness (QED) is 0.888. The predicted molar refractivity (Wildman–Crippen MR) is 65.6 cm³/mol. The number of benzene rings is 1. The number of fused-ring (bicyclic) bond motifs is 1. The first-order valence-electron chi connectivity index (χ1n) is 5.87. The highest BCUT2D eigenvalue weighted by Crippen LogP contribution is 2.34.